The Hall–Kier alpha value is -3.85. The summed E-state index contributed by atoms with van der Waals surface area (Å²) in [4.78, 5) is 40.1. The maximum Gasteiger partial charge on any atom is 0.336 e. The SMILES string of the molecule is CCOc1ccc(OCC)c(N2C(=O)NC(=O)/C(=C/c3cc(C)n(-c4ccc(Br)cc4)c3C)C2=O)c1. The Morgan fingerprint density at radius 2 is 1.64 bits per heavy atom. The number of hydrogen-bond acceptors (Lipinski definition) is 5. The molecule has 0 bridgehead atoms. The number of carbonyl (C=O) groups excluding carboxylic acids is 3. The van der Waals surface area contributed by atoms with Gasteiger partial charge in [-0.05, 0) is 81.8 Å². The third-order valence-electron chi connectivity index (χ3n) is 5.74. The molecule has 1 saturated heterocycles. The van der Waals surface area contributed by atoms with Gasteiger partial charge in [0, 0.05) is 27.6 Å². The number of amides is 4. The van der Waals surface area contributed by atoms with E-state index in [1.165, 1.54) is 6.08 Å². The van der Waals surface area contributed by atoms with E-state index in [9.17, 15) is 14.4 Å². The van der Waals surface area contributed by atoms with Crippen molar-refractivity contribution < 1.29 is 23.9 Å². The fourth-order valence-electron chi connectivity index (χ4n) is 4.16. The van der Waals surface area contributed by atoms with E-state index < -0.39 is 17.8 Å². The van der Waals surface area contributed by atoms with Gasteiger partial charge in [-0.3, -0.25) is 14.9 Å². The molecule has 36 heavy (non-hydrogen) atoms. The molecule has 9 heteroatoms. The third kappa shape index (κ3) is 4.79. The quantitative estimate of drug-likeness (QED) is 0.317. The average Bonchev–Trinajstić information content (AvgIpc) is 3.11. The van der Waals surface area contributed by atoms with Gasteiger partial charge in [-0.15, -0.1) is 0 Å². The first-order valence-electron chi connectivity index (χ1n) is 11.5. The number of ether oxygens (including phenoxy) is 2. The van der Waals surface area contributed by atoms with Crippen molar-refractivity contribution in [3.63, 3.8) is 0 Å². The zero-order valence-electron chi connectivity index (χ0n) is 20.4. The van der Waals surface area contributed by atoms with Crippen molar-refractivity contribution in [2.45, 2.75) is 27.7 Å². The molecule has 1 aliphatic heterocycles. The van der Waals surface area contributed by atoms with Crippen LogP contribution in [-0.2, 0) is 9.59 Å². The number of hydrogen-bond donors (Lipinski definition) is 1. The summed E-state index contributed by atoms with van der Waals surface area (Å²) in [5, 5.41) is 2.28. The summed E-state index contributed by atoms with van der Waals surface area (Å²) in [7, 11) is 0. The standard InChI is InChI=1S/C27H26BrN3O5/c1-5-35-21-11-12-24(36-6-2)23(15-21)31-26(33)22(25(32)29-27(31)34)14-18-13-16(3)30(17(18)4)20-9-7-19(28)8-10-20/h7-15H,5-6H2,1-4H3,(H,29,32,34)/b22-14-. The van der Waals surface area contributed by atoms with Crippen LogP contribution < -0.4 is 19.7 Å². The van der Waals surface area contributed by atoms with Gasteiger partial charge in [0.1, 0.15) is 17.1 Å². The van der Waals surface area contributed by atoms with Crippen LogP contribution >= 0.6 is 15.9 Å². The summed E-state index contributed by atoms with van der Waals surface area (Å²) in [5.41, 5.74) is 3.46. The Morgan fingerprint density at radius 1 is 0.944 bits per heavy atom. The number of imide groups is 2. The topological polar surface area (TPSA) is 89.9 Å². The summed E-state index contributed by atoms with van der Waals surface area (Å²) in [6, 6.07) is 13.8. The van der Waals surface area contributed by atoms with Crippen LogP contribution in [0, 0.1) is 13.8 Å². The number of urea groups is 1. The van der Waals surface area contributed by atoms with E-state index in [2.05, 4.69) is 21.2 Å². The van der Waals surface area contributed by atoms with E-state index in [4.69, 9.17) is 9.47 Å². The normalized spacial score (nSPS) is 14.9. The van der Waals surface area contributed by atoms with E-state index in [1.807, 2.05) is 55.7 Å². The van der Waals surface area contributed by atoms with E-state index in [0.717, 1.165) is 26.4 Å². The second-order valence-electron chi connectivity index (χ2n) is 8.09. The maximum atomic E-state index is 13.6. The number of benzene rings is 2. The highest BCUT2D eigenvalue weighted by atomic mass is 79.9. The highest BCUT2D eigenvalue weighted by molar-refractivity contribution is 9.10. The molecule has 1 aliphatic rings. The fourth-order valence-corrected chi connectivity index (χ4v) is 4.42. The summed E-state index contributed by atoms with van der Waals surface area (Å²) in [6.07, 6.45) is 1.52. The molecule has 0 atom stereocenters. The van der Waals surface area contributed by atoms with Gasteiger partial charge in [-0.25, -0.2) is 9.69 Å². The minimum absolute atomic E-state index is 0.157. The number of nitrogens with one attached hydrogen (secondary N) is 1. The molecule has 4 amide bonds. The lowest BCUT2D eigenvalue weighted by molar-refractivity contribution is -0.122. The van der Waals surface area contributed by atoms with E-state index in [0.29, 0.717) is 30.3 Å². The lowest BCUT2D eigenvalue weighted by Crippen LogP contribution is -2.54. The average molecular weight is 552 g/mol. The van der Waals surface area contributed by atoms with Crippen molar-refractivity contribution in [1.29, 1.82) is 0 Å². The lowest BCUT2D eigenvalue weighted by Gasteiger charge is -2.28. The number of barbiturate groups is 1. The van der Waals surface area contributed by atoms with Crippen LogP contribution in [0.3, 0.4) is 0 Å². The van der Waals surface area contributed by atoms with Crippen LogP contribution in [0.4, 0.5) is 10.5 Å². The second kappa shape index (κ2) is 10.4. The van der Waals surface area contributed by atoms with Crippen LogP contribution in [0.15, 0.2) is 58.6 Å². The number of anilines is 1. The van der Waals surface area contributed by atoms with Crippen LogP contribution in [-0.4, -0.2) is 35.6 Å². The first kappa shape index (κ1) is 25.2. The van der Waals surface area contributed by atoms with Crippen LogP contribution in [0.1, 0.15) is 30.8 Å². The molecule has 0 saturated carbocycles. The number of aryl methyl sites for hydroxylation is 1. The monoisotopic (exact) mass is 551 g/mol. The van der Waals surface area contributed by atoms with Gasteiger partial charge in [0.2, 0.25) is 0 Å². The van der Waals surface area contributed by atoms with Crippen LogP contribution in [0.5, 0.6) is 11.5 Å². The Bertz CT molecular complexity index is 1370. The van der Waals surface area contributed by atoms with Crippen LogP contribution in [0.2, 0.25) is 0 Å². The Labute approximate surface area is 217 Å². The zero-order chi connectivity index (χ0) is 26.0. The molecule has 0 unspecified atom stereocenters. The highest BCUT2D eigenvalue weighted by Gasteiger charge is 2.38. The number of carbonyl (C=O) groups is 3. The molecule has 1 N–H and O–H groups in total. The number of nitrogens with zero attached hydrogens (tertiary/aromatic N) is 2. The molecule has 0 aliphatic carbocycles. The minimum atomic E-state index is -0.850. The smallest absolute Gasteiger partial charge is 0.336 e. The van der Waals surface area contributed by atoms with Gasteiger partial charge in [-0.2, -0.15) is 0 Å². The van der Waals surface area contributed by atoms with Gasteiger partial charge in [0.15, 0.2) is 0 Å². The molecule has 1 fully saturated rings. The molecule has 0 spiro atoms. The number of rotatable bonds is 7. The maximum absolute atomic E-state index is 13.6. The zero-order valence-corrected chi connectivity index (χ0v) is 22.0. The van der Waals surface area contributed by atoms with Gasteiger partial charge in [0.25, 0.3) is 11.8 Å². The molecule has 2 aromatic carbocycles. The van der Waals surface area contributed by atoms with Crippen molar-refractivity contribution in [3.05, 3.63) is 75.5 Å². The summed E-state index contributed by atoms with van der Waals surface area (Å²) >= 11 is 3.45. The Kier molecular flexibility index (Phi) is 7.30. The molecule has 4 rings (SSSR count). The lowest BCUT2D eigenvalue weighted by atomic mass is 10.1. The van der Waals surface area contributed by atoms with E-state index >= 15 is 0 Å². The predicted octanol–water partition coefficient (Wildman–Crippen LogP) is 5.32. The van der Waals surface area contributed by atoms with Crippen molar-refractivity contribution in [3.8, 4) is 17.2 Å². The van der Waals surface area contributed by atoms with Gasteiger partial charge < -0.3 is 14.0 Å². The first-order valence-corrected chi connectivity index (χ1v) is 12.3. The van der Waals surface area contributed by atoms with Gasteiger partial charge >= 0.3 is 6.03 Å². The van der Waals surface area contributed by atoms with Crippen molar-refractivity contribution in [2.75, 3.05) is 18.1 Å². The van der Waals surface area contributed by atoms with Gasteiger partial charge in [-0.1, -0.05) is 15.9 Å². The molecular weight excluding hydrogens is 526 g/mol. The van der Waals surface area contributed by atoms with Crippen molar-refractivity contribution in [1.82, 2.24) is 9.88 Å². The molecule has 2 heterocycles. The predicted molar refractivity (Wildman–Crippen MR) is 141 cm³/mol. The first-order chi connectivity index (χ1) is 17.2. The summed E-state index contributed by atoms with van der Waals surface area (Å²) in [5.74, 6) is -0.705. The second-order valence-corrected chi connectivity index (χ2v) is 9.01. The third-order valence-corrected chi connectivity index (χ3v) is 6.27. The molecule has 8 nitrogen and oxygen atoms in total. The van der Waals surface area contributed by atoms with Crippen molar-refractivity contribution >= 4 is 45.5 Å². The highest BCUT2D eigenvalue weighted by Crippen LogP contribution is 2.35. The van der Waals surface area contributed by atoms with Crippen molar-refractivity contribution in [2.24, 2.45) is 0 Å². The summed E-state index contributed by atoms with van der Waals surface area (Å²) in [6.45, 7) is 8.23. The largest absolute Gasteiger partial charge is 0.494 e. The fraction of sp³-hybridized carbons (Fsp3) is 0.222. The number of aromatic nitrogens is 1. The molecular formula is C27H26BrN3O5. The Morgan fingerprint density at radius 3 is 2.31 bits per heavy atom. The number of halogens is 1. The minimum Gasteiger partial charge on any atom is -0.494 e. The molecule has 1 aromatic heterocycles. The van der Waals surface area contributed by atoms with Crippen LogP contribution in [0.25, 0.3) is 11.8 Å². The summed E-state index contributed by atoms with van der Waals surface area (Å²) < 4.78 is 14.2. The molecule has 3 aromatic rings. The van der Waals surface area contributed by atoms with Gasteiger partial charge in [0.05, 0.1) is 18.9 Å². The Balaban J connectivity index is 1.77. The van der Waals surface area contributed by atoms with E-state index in [1.54, 1.807) is 25.1 Å². The molecule has 186 valence electrons. The molecule has 0 radical (unpaired) electrons. The van der Waals surface area contributed by atoms with E-state index in [-0.39, 0.29) is 11.3 Å².